The lowest BCUT2D eigenvalue weighted by atomic mass is 10.2. The first kappa shape index (κ1) is 15.9. The Bertz CT molecular complexity index is 1010. The highest BCUT2D eigenvalue weighted by Crippen LogP contribution is 2.31. The SMILES string of the molecule is COc1ccc2ncc(O)c(NCc3ccc4c(n3)NC(=O)CO4)c2n1. The minimum Gasteiger partial charge on any atom is -0.504 e. The van der Waals surface area contributed by atoms with Gasteiger partial charge in [-0.1, -0.05) is 0 Å². The third kappa shape index (κ3) is 2.90. The van der Waals surface area contributed by atoms with Crippen molar-refractivity contribution in [2.24, 2.45) is 0 Å². The zero-order chi connectivity index (χ0) is 18.1. The summed E-state index contributed by atoms with van der Waals surface area (Å²) >= 11 is 0. The molecule has 3 N–H and O–H groups in total. The molecule has 0 aliphatic carbocycles. The lowest BCUT2D eigenvalue weighted by molar-refractivity contribution is -0.118. The predicted molar refractivity (Wildman–Crippen MR) is 93.4 cm³/mol. The minimum absolute atomic E-state index is 0.0172. The molecule has 0 spiro atoms. The molecular weight excluding hydrogens is 338 g/mol. The summed E-state index contributed by atoms with van der Waals surface area (Å²) < 4.78 is 10.4. The average Bonchev–Trinajstić information content (AvgIpc) is 2.66. The first-order valence-corrected chi connectivity index (χ1v) is 7.83. The van der Waals surface area contributed by atoms with Crippen molar-refractivity contribution in [2.75, 3.05) is 24.4 Å². The monoisotopic (exact) mass is 353 g/mol. The van der Waals surface area contributed by atoms with Gasteiger partial charge in [-0.2, -0.15) is 0 Å². The van der Waals surface area contributed by atoms with Gasteiger partial charge in [0.1, 0.15) is 11.2 Å². The molecule has 0 unspecified atom stereocenters. The molecule has 4 heterocycles. The van der Waals surface area contributed by atoms with Gasteiger partial charge < -0.3 is 25.2 Å². The zero-order valence-electron chi connectivity index (χ0n) is 13.8. The molecular formula is C17H15N5O4. The second-order valence-electron chi connectivity index (χ2n) is 5.58. The molecule has 0 atom stereocenters. The number of nitrogens with zero attached hydrogens (tertiary/aromatic N) is 3. The predicted octanol–water partition coefficient (Wildman–Crippen LogP) is 1.68. The summed E-state index contributed by atoms with van der Waals surface area (Å²) in [5.74, 6) is 1.04. The van der Waals surface area contributed by atoms with Gasteiger partial charge in [-0.3, -0.25) is 9.78 Å². The Morgan fingerprint density at radius 1 is 1.31 bits per heavy atom. The Morgan fingerprint density at radius 3 is 3.04 bits per heavy atom. The molecule has 1 aliphatic heterocycles. The molecule has 1 amide bonds. The first-order chi connectivity index (χ1) is 12.6. The average molecular weight is 353 g/mol. The molecule has 26 heavy (non-hydrogen) atoms. The van der Waals surface area contributed by atoms with Crippen LogP contribution in [0.15, 0.2) is 30.5 Å². The standard InChI is InChI=1S/C17H15N5O4/c1-25-14-5-3-10-15(22-14)16(11(23)7-18-10)19-6-9-2-4-12-17(20-9)21-13(24)8-26-12/h2-5,7,23H,6,8H2,1H3,(H,18,19)(H,20,21,24). The number of carbonyl (C=O) groups excluding carboxylic acids is 1. The van der Waals surface area contributed by atoms with E-state index in [2.05, 4.69) is 25.6 Å². The normalized spacial score (nSPS) is 12.9. The van der Waals surface area contributed by atoms with E-state index in [4.69, 9.17) is 9.47 Å². The van der Waals surface area contributed by atoms with Crippen LogP contribution in [-0.4, -0.2) is 39.7 Å². The van der Waals surface area contributed by atoms with Gasteiger partial charge in [0.15, 0.2) is 23.9 Å². The van der Waals surface area contributed by atoms with Crippen LogP contribution in [0.1, 0.15) is 5.69 Å². The largest absolute Gasteiger partial charge is 0.504 e. The summed E-state index contributed by atoms with van der Waals surface area (Å²) in [6, 6.07) is 6.97. The van der Waals surface area contributed by atoms with Crippen molar-refractivity contribution in [1.29, 1.82) is 0 Å². The van der Waals surface area contributed by atoms with E-state index in [1.54, 1.807) is 24.3 Å². The molecule has 1 aliphatic rings. The molecule has 0 fully saturated rings. The lowest BCUT2D eigenvalue weighted by Crippen LogP contribution is -2.26. The Balaban J connectivity index is 1.63. The van der Waals surface area contributed by atoms with Gasteiger partial charge in [-0.25, -0.2) is 9.97 Å². The van der Waals surface area contributed by atoms with Crippen LogP contribution in [-0.2, 0) is 11.3 Å². The van der Waals surface area contributed by atoms with E-state index in [0.29, 0.717) is 46.4 Å². The Labute approximate surface area is 148 Å². The Kier molecular flexibility index (Phi) is 3.88. The number of anilines is 2. The number of pyridine rings is 3. The second kappa shape index (κ2) is 6.36. The summed E-state index contributed by atoms with van der Waals surface area (Å²) in [5.41, 5.74) is 2.18. The van der Waals surface area contributed by atoms with Crippen molar-refractivity contribution in [3.05, 3.63) is 36.2 Å². The number of rotatable bonds is 4. The van der Waals surface area contributed by atoms with Crippen molar-refractivity contribution >= 4 is 28.4 Å². The van der Waals surface area contributed by atoms with Crippen molar-refractivity contribution in [1.82, 2.24) is 15.0 Å². The summed E-state index contributed by atoms with van der Waals surface area (Å²) in [6.07, 6.45) is 1.35. The Morgan fingerprint density at radius 2 is 2.19 bits per heavy atom. The highest BCUT2D eigenvalue weighted by molar-refractivity contribution is 5.94. The summed E-state index contributed by atoms with van der Waals surface area (Å²) in [4.78, 5) is 24.3. The number of hydrogen-bond acceptors (Lipinski definition) is 8. The number of methoxy groups -OCH3 is 1. The molecule has 132 valence electrons. The maximum atomic E-state index is 11.4. The highest BCUT2D eigenvalue weighted by Gasteiger charge is 2.18. The molecule has 0 aromatic carbocycles. The number of ether oxygens (including phenoxy) is 2. The van der Waals surface area contributed by atoms with E-state index in [-0.39, 0.29) is 18.3 Å². The van der Waals surface area contributed by atoms with Crippen LogP contribution < -0.4 is 20.1 Å². The fourth-order valence-electron chi connectivity index (χ4n) is 2.61. The summed E-state index contributed by atoms with van der Waals surface area (Å²) in [6.45, 7) is 0.283. The van der Waals surface area contributed by atoms with Gasteiger partial charge in [0, 0.05) is 6.07 Å². The van der Waals surface area contributed by atoms with E-state index in [1.165, 1.54) is 13.3 Å². The van der Waals surface area contributed by atoms with Crippen LogP contribution in [0.4, 0.5) is 11.5 Å². The summed E-state index contributed by atoms with van der Waals surface area (Å²) in [7, 11) is 1.52. The van der Waals surface area contributed by atoms with Crippen LogP contribution in [0.2, 0.25) is 0 Å². The van der Waals surface area contributed by atoms with E-state index >= 15 is 0 Å². The van der Waals surface area contributed by atoms with Gasteiger partial charge >= 0.3 is 0 Å². The van der Waals surface area contributed by atoms with Gasteiger partial charge in [-0.15, -0.1) is 0 Å². The van der Waals surface area contributed by atoms with Gasteiger partial charge in [0.05, 0.1) is 31.1 Å². The molecule has 0 saturated heterocycles. The van der Waals surface area contributed by atoms with E-state index < -0.39 is 0 Å². The molecule has 0 saturated carbocycles. The van der Waals surface area contributed by atoms with Gasteiger partial charge in [0.2, 0.25) is 5.88 Å². The van der Waals surface area contributed by atoms with Gasteiger partial charge in [-0.05, 0) is 18.2 Å². The topological polar surface area (TPSA) is 118 Å². The quantitative estimate of drug-likeness (QED) is 0.648. The number of nitrogens with one attached hydrogen (secondary N) is 2. The molecule has 0 bridgehead atoms. The minimum atomic E-state index is -0.246. The molecule has 0 radical (unpaired) electrons. The molecule has 3 aromatic heterocycles. The number of aromatic nitrogens is 3. The fraction of sp³-hybridized carbons (Fsp3) is 0.176. The van der Waals surface area contributed by atoms with Crippen LogP contribution in [0, 0.1) is 0 Å². The highest BCUT2D eigenvalue weighted by atomic mass is 16.5. The van der Waals surface area contributed by atoms with Crippen LogP contribution in [0.5, 0.6) is 17.4 Å². The number of fused-ring (bicyclic) bond motifs is 2. The van der Waals surface area contributed by atoms with Crippen LogP contribution in [0.25, 0.3) is 11.0 Å². The third-order valence-corrected chi connectivity index (χ3v) is 3.86. The smallest absolute Gasteiger partial charge is 0.263 e. The van der Waals surface area contributed by atoms with Crippen molar-refractivity contribution in [3.8, 4) is 17.4 Å². The van der Waals surface area contributed by atoms with E-state index in [9.17, 15) is 9.90 Å². The fourth-order valence-corrected chi connectivity index (χ4v) is 2.61. The van der Waals surface area contributed by atoms with Crippen molar-refractivity contribution in [2.45, 2.75) is 6.54 Å². The van der Waals surface area contributed by atoms with Crippen molar-refractivity contribution < 1.29 is 19.4 Å². The number of amides is 1. The Hall–Kier alpha value is -3.62. The van der Waals surface area contributed by atoms with Crippen LogP contribution in [0.3, 0.4) is 0 Å². The van der Waals surface area contributed by atoms with Crippen molar-refractivity contribution in [3.63, 3.8) is 0 Å². The first-order valence-electron chi connectivity index (χ1n) is 7.83. The number of carbonyl (C=O) groups is 1. The van der Waals surface area contributed by atoms with E-state index in [0.717, 1.165) is 0 Å². The van der Waals surface area contributed by atoms with Crippen LogP contribution >= 0.6 is 0 Å². The third-order valence-electron chi connectivity index (χ3n) is 3.86. The van der Waals surface area contributed by atoms with Gasteiger partial charge in [0.25, 0.3) is 5.91 Å². The maximum Gasteiger partial charge on any atom is 0.263 e. The number of aromatic hydroxyl groups is 1. The molecule has 4 rings (SSSR count). The maximum absolute atomic E-state index is 11.4. The summed E-state index contributed by atoms with van der Waals surface area (Å²) in [5, 5.41) is 16.0. The second-order valence-corrected chi connectivity index (χ2v) is 5.58. The lowest BCUT2D eigenvalue weighted by Gasteiger charge is -2.17. The number of hydrogen-bond donors (Lipinski definition) is 3. The molecule has 3 aromatic rings. The van der Waals surface area contributed by atoms with E-state index in [1.807, 2.05) is 0 Å². The molecule has 9 heteroatoms. The molecule has 9 nitrogen and oxygen atoms in total. The zero-order valence-corrected chi connectivity index (χ0v) is 13.8.